The molecule has 0 aliphatic heterocycles. The summed E-state index contributed by atoms with van der Waals surface area (Å²) in [4.78, 5) is 2.02. The molecule has 0 fully saturated rings. The van der Waals surface area contributed by atoms with E-state index < -0.39 is 38.7 Å². The zero-order chi connectivity index (χ0) is 12.5. The fourth-order valence-electron chi connectivity index (χ4n) is 0.958. The molecule has 0 amide bonds. The molecule has 0 aliphatic carbocycles. The second kappa shape index (κ2) is 4.26. The van der Waals surface area contributed by atoms with Crippen molar-refractivity contribution in [2.45, 2.75) is 11.3 Å². The van der Waals surface area contributed by atoms with Crippen LogP contribution in [0.15, 0.2) is 11.0 Å². The van der Waals surface area contributed by atoms with Crippen LogP contribution < -0.4 is 9.88 Å². The monoisotopic (exact) mass is 256 g/mol. The Bertz CT molecular complexity index is 504. The van der Waals surface area contributed by atoms with Gasteiger partial charge in [-0.15, -0.1) is 0 Å². The molecule has 1 heterocycles. The predicted octanol–water partition coefficient (Wildman–Crippen LogP) is 0.814. The van der Waals surface area contributed by atoms with E-state index in [0.717, 1.165) is 7.11 Å². The minimum atomic E-state index is -4.45. The smallest absolute Gasteiger partial charge is 0.283 e. The van der Waals surface area contributed by atoms with Gasteiger partial charge >= 0.3 is 0 Å². The van der Waals surface area contributed by atoms with Crippen LogP contribution in [-0.4, -0.2) is 20.5 Å². The summed E-state index contributed by atoms with van der Waals surface area (Å²) in [5, 5.41) is 4.65. The second-order valence-electron chi connectivity index (χ2n) is 2.71. The number of alkyl halides is 2. The van der Waals surface area contributed by atoms with Gasteiger partial charge in [0.2, 0.25) is 15.9 Å². The third-order valence-electron chi connectivity index (χ3n) is 1.65. The third-order valence-corrected chi connectivity index (χ3v) is 2.56. The zero-order valence-electron chi connectivity index (χ0n) is 7.95. The number of nitrogens with two attached hydrogens (primary N) is 1. The number of sulfonamides is 1. The van der Waals surface area contributed by atoms with Gasteiger partial charge in [0.05, 0.1) is 7.11 Å². The zero-order valence-corrected chi connectivity index (χ0v) is 8.76. The summed E-state index contributed by atoms with van der Waals surface area (Å²) in [7, 11) is -3.38. The van der Waals surface area contributed by atoms with E-state index in [4.69, 9.17) is 0 Å². The average molecular weight is 256 g/mol. The van der Waals surface area contributed by atoms with Crippen molar-refractivity contribution in [3.63, 3.8) is 0 Å². The molecule has 0 aliphatic rings. The Balaban J connectivity index is 3.56. The normalized spacial score (nSPS) is 11.9. The lowest BCUT2D eigenvalue weighted by Gasteiger charge is -2.08. The van der Waals surface area contributed by atoms with E-state index in [1.165, 1.54) is 0 Å². The quantitative estimate of drug-likeness (QED) is 0.867. The molecule has 0 saturated heterocycles. The molecule has 0 spiro atoms. The van der Waals surface area contributed by atoms with E-state index in [-0.39, 0.29) is 0 Å². The fourth-order valence-corrected chi connectivity index (χ4v) is 1.58. The van der Waals surface area contributed by atoms with Crippen molar-refractivity contribution >= 4 is 10.0 Å². The molecule has 0 bridgehead atoms. The number of ether oxygens (including phenoxy) is 1. The summed E-state index contributed by atoms with van der Waals surface area (Å²) in [6.45, 7) is 0. The number of methoxy groups -OCH3 is 1. The van der Waals surface area contributed by atoms with Crippen molar-refractivity contribution in [2.75, 3.05) is 7.11 Å². The Hall–Kier alpha value is -1.35. The molecule has 9 heteroatoms. The van der Waals surface area contributed by atoms with Crippen LogP contribution in [0.4, 0.5) is 13.2 Å². The summed E-state index contributed by atoms with van der Waals surface area (Å²) >= 11 is 0. The first kappa shape index (κ1) is 12.7. The van der Waals surface area contributed by atoms with Gasteiger partial charge in [-0.05, 0) is 0 Å². The van der Waals surface area contributed by atoms with Crippen LogP contribution in [0.3, 0.4) is 0 Å². The molecule has 5 nitrogen and oxygen atoms in total. The second-order valence-corrected chi connectivity index (χ2v) is 4.24. The Morgan fingerprint density at radius 1 is 1.50 bits per heavy atom. The van der Waals surface area contributed by atoms with Crippen LogP contribution in [0.1, 0.15) is 12.1 Å². The lowest BCUT2D eigenvalue weighted by molar-refractivity contribution is 0.138. The number of primary sulfonamides is 1. The Kier molecular flexibility index (Phi) is 3.38. The molecular weight excluding hydrogens is 249 g/mol. The van der Waals surface area contributed by atoms with Gasteiger partial charge in [-0.2, -0.15) is 0 Å². The SMILES string of the molecule is COc1cc(S(N)(=O)=O)c(F)c(C(F)F)n1. The maximum atomic E-state index is 13.3. The molecule has 1 rings (SSSR count). The maximum Gasteiger partial charge on any atom is 0.283 e. The summed E-state index contributed by atoms with van der Waals surface area (Å²) in [5.41, 5.74) is -1.32. The van der Waals surface area contributed by atoms with E-state index in [9.17, 15) is 21.6 Å². The summed E-state index contributed by atoms with van der Waals surface area (Å²) in [5.74, 6) is -2.13. The van der Waals surface area contributed by atoms with Gasteiger partial charge in [0.25, 0.3) is 6.43 Å². The van der Waals surface area contributed by atoms with Crippen molar-refractivity contribution < 1.29 is 26.3 Å². The Morgan fingerprint density at radius 3 is 2.44 bits per heavy atom. The van der Waals surface area contributed by atoms with Gasteiger partial charge in [0.15, 0.2) is 5.82 Å². The first-order chi connectivity index (χ1) is 7.27. The van der Waals surface area contributed by atoms with Crippen LogP contribution in [0.2, 0.25) is 0 Å². The number of halogens is 3. The highest BCUT2D eigenvalue weighted by Gasteiger charge is 2.25. The van der Waals surface area contributed by atoms with Crippen LogP contribution in [-0.2, 0) is 10.0 Å². The molecule has 0 unspecified atom stereocenters. The first-order valence-electron chi connectivity index (χ1n) is 3.82. The lowest BCUT2D eigenvalue weighted by Crippen LogP contribution is -2.16. The Morgan fingerprint density at radius 2 is 2.06 bits per heavy atom. The van der Waals surface area contributed by atoms with Gasteiger partial charge in [0, 0.05) is 6.07 Å². The molecule has 0 radical (unpaired) electrons. The van der Waals surface area contributed by atoms with Gasteiger partial charge in [-0.1, -0.05) is 0 Å². The number of pyridine rings is 1. The molecule has 1 aromatic heterocycles. The van der Waals surface area contributed by atoms with Crippen LogP contribution in [0, 0.1) is 5.82 Å². The van der Waals surface area contributed by atoms with Crippen molar-refractivity contribution in [1.82, 2.24) is 4.98 Å². The van der Waals surface area contributed by atoms with E-state index >= 15 is 0 Å². The van der Waals surface area contributed by atoms with Gasteiger partial charge in [0.1, 0.15) is 10.6 Å². The molecule has 1 aromatic rings. The summed E-state index contributed by atoms with van der Waals surface area (Å²) in [6.07, 6.45) is -3.27. The molecule has 0 saturated carbocycles. The van der Waals surface area contributed by atoms with Gasteiger partial charge < -0.3 is 4.74 Å². The molecule has 0 atom stereocenters. The van der Waals surface area contributed by atoms with E-state index in [0.29, 0.717) is 6.07 Å². The van der Waals surface area contributed by atoms with Crippen molar-refractivity contribution in [3.8, 4) is 5.88 Å². The molecule has 90 valence electrons. The topological polar surface area (TPSA) is 82.3 Å². The largest absolute Gasteiger partial charge is 0.481 e. The highest BCUT2D eigenvalue weighted by Crippen LogP contribution is 2.27. The summed E-state index contributed by atoms with van der Waals surface area (Å²) < 4.78 is 64.2. The average Bonchev–Trinajstić information content (AvgIpc) is 2.15. The van der Waals surface area contributed by atoms with Gasteiger partial charge in [-0.3, -0.25) is 0 Å². The number of rotatable bonds is 3. The molecule has 16 heavy (non-hydrogen) atoms. The third kappa shape index (κ3) is 2.42. The highest BCUT2D eigenvalue weighted by atomic mass is 32.2. The summed E-state index contributed by atoms with van der Waals surface area (Å²) in [6, 6.07) is 0.635. The van der Waals surface area contributed by atoms with Crippen LogP contribution in [0.25, 0.3) is 0 Å². The van der Waals surface area contributed by atoms with Crippen LogP contribution >= 0.6 is 0 Å². The van der Waals surface area contributed by atoms with Gasteiger partial charge in [-0.25, -0.2) is 31.7 Å². The number of nitrogens with zero attached hydrogens (tertiary/aromatic N) is 1. The number of aromatic nitrogens is 1. The first-order valence-corrected chi connectivity index (χ1v) is 5.37. The molecular formula is C7H7F3N2O3S. The van der Waals surface area contributed by atoms with E-state index in [2.05, 4.69) is 14.9 Å². The maximum absolute atomic E-state index is 13.3. The number of hydrogen-bond acceptors (Lipinski definition) is 4. The van der Waals surface area contributed by atoms with Crippen molar-refractivity contribution in [2.24, 2.45) is 5.14 Å². The van der Waals surface area contributed by atoms with E-state index in [1.54, 1.807) is 0 Å². The highest BCUT2D eigenvalue weighted by molar-refractivity contribution is 7.89. The van der Waals surface area contributed by atoms with E-state index in [1.807, 2.05) is 0 Å². The minimum Gasteiger partial charge on any atom is -0.481 e. The standard InChI is InChI=1S/C7H7F3N2O3S/c1-15-4-2-3(16(11,13)14)5(8)6(12-4)7(9)10/h2,7H,1H3,(H2,11,13,14). The van der Waals surface area contributed by atoms with Crippen LogP contribution in [0.5, 0.6) is 5.88 Å². The lowest BCUT2D eigenvalue weighted by atomic mass is 10.3. The predicted molar refractivity (Wildman–Crippen MR) is 47.1 cm³/mol. The fraction of sp³-hybridized carbons (Fsp3) is 0.286. The molecule has 2 N–H and O–H groups in total. The molecule has 0 aromatic carbocycles. The van der Waals surface area contributed by atoms with Crippen molar-refractivity contribution in [3.05, 3.63) is 17.6 Å². The van der Waals surface area contributed by atoms with Crippen molar-refractivity contribution in [1.29, 1.82) is 0 Å². The minimum absolute atomic E-state index is 0.458. The number of hydrogen-bond donors (Lipinski definition) is 1. The Labute approximate surface area is 89.1 Å².